The second-order valence-corrected chi connectivity index (χ2v) is 9.00. The van der Waals surface area contributed by atoms with Gasteiger partial charge < -0.3 is 10.1 Å². The van der Waals surface area contributed by atoms with E-state index in [1.165, 1.54) is 6.07 Å². The molecule has 1 heterocycles. The first-order valence-electron chi connectivity index (χ1n) is 11.8. The molecule has 1 N–H and O–H groups in total. The van der Waals surface area contributed by atoms with Crippen LogP contribution in [0, 0.1) is 11.6 Å². The second-order valence-electron chi connectivity index (χ2n) is 8.56. The first kappa shape index (κ1) is 26.2. The van der Waals surface area contributed by atoms with Crippen LogP contribution in [0.1, 0.15) is 55.1 Å². The van der Waals surface area contributed by atoms with Crippen molar-refractivity contribution in [1.29, 1.82) is 0 Å². The van der Waals surface area contributed by atoms with E-state index in [9.17, 15) is 18.4 Å². The molecule has 1 amide bonds. The molecular formula is C28H24ClF2N3O3. The number of esters is 1. The summed E-state index contributed by atoms with van der Waals surface area (Å²) in [5.41, 5.74) is 2.40. The minimum atomic E-state index is -0.727. The molecule has 0 spiro atoms. The fraction of sp³-hybridized carbons (Fsp3) is 0.214. The zero-order valence-corrected chi connectivity index (χ0v) is 21.0. The number of unbranched alkanes of at least 4 members (excludes halogenated alkanes) is 1. The van der Waals surface area contributed by atoms with Crippen LogP contribution in [-0.4, -0.2) is 21.8 Å². The van der Waals surface area contributed by atoms with Crippen LogP contribution >= 0.6 is 11.6 Å². The number of aromatic nitrogens is 2. The minimum absolute atomic E-state index is 0.0251. The van der Waals surface area contributed by atoms with Crippen molar-refractivity contribution in [1.82, 2.24) is 15.3 Å². The van der Waals surface area contributed by atoms with Gasteiger partial charge in [-0.05, 0) is 61.4 Å². The third kappa shape index (κ3) is 6.46. The predicted molar refractivity (Wildman–Crippen MR) is 137 cm³/mol. The van der Waals surface area contributed by atoms with Crippen LogP contribution in [0.5, 0.6) is 5.88 Å². The Morgan fingerprint density at radius 3 is 2.35 bits per heavy atom. The van der Waals surface area contributed by atoms with Crippen LogP contribution in [0.25, 0.3) is 22.3 Å². The van der Waals surface area contributed by atoms with Crippen LogP contribution in [-0.2, 0) is 4.79 Å². The van der Waals surface area contributed by atoms with Gasteiger partial charge in [-0.1, -0.05) is 37.1 Å². The maximum absolute atomic E-state index is 13.6. The molecule has 4 rings (SSSR count). The lowest BCUT2D eigenvalue weighted by molar-refractivity contribution is -0.134. The molecule has 1 atom stereocenters. The van der Waals surface area contributed by atoms with Gasteiger partial charge >= 0.3 is 5.97 Å². The molecule has 4 aromatic rings. The largest absolute Gasteiger partial charge is 0.405 e. The number of carbonyl (C=O) groups is 2. The van der Waals surface area contributed by atoms with Gasteiger partial charge in [0.05, 0.1) is 17.1 Å². The molecule has 0 aliphatic rings. The van der Waals surface area contributed by atoms with Crippen molar-refractivity contribution in [3.05, 3.63) is 88.4 Å². The Morgan fingerprint density at radius 2 is 1.68 bits per heavy atom. The summed E-state index contributed by atoms with van der Waals surface area (Å²) in [5, 5.41) is 3.27. The number of ether oxygens (including phenoxy) is 1. The van der Waals surface area contributed by atoms with E-state index in [1.807, 2.05) is 6.92 Å². The van der Waals surface area contributed by atoms with Crippen LogP contribution in [0.4, 0.5) is 8.78 Å². The standard InChI is InChI=1S/C28H24ClF2N3O3/c1-3-4-5-25(35)37-28-26(17-6-9-20(29)10-7-17)33-23-11-8-18(14-24(23)34-28)27(36)32-16(2)19-12-21(30)15-22(31)13-19/h6-16H,3-5H2,1-2H3,(H,32,36). The number of rotatable bonds is 8. The molecule has 37 heavy (non-hydrogen) atoms. The summed E-state index contributed by atoms with van der Waals surface area (Å²) in [6.07, 6.45) is 1.74. The molecule has 0 aliphatic carbocycles. The zero-order valence-electron chi connectivity index (χ0n) is 20.2. The zero-order chi connectivity index (χ0) is 26.5. The maximum Gasteiger partial charge on any atom is 0.312 e. The summed E-state index contributed by atoms with van der Waals surface area (Å²) in [5.74, 6) is -2.33. The number of amides is 1. The van der Waals surface area contributed by atoms with Crippen molar-refractivity contribution in [3.8, 4) is 17.1 Å². The minimum Gasteiger partial charge on any atom is -0.405 e. The summed E-state index contributed by atoms with van der Waals surface area (Å²) in [7, 11) is 0. The van der Waals surface area contributed by atoms with Gasteiger partial charge in [-0.3, -0.25) is 9.59 Å². The summed E-state index contributed by atoms with van der Waals surface area (Å²) in [4.78, 5) is 34.4. The molecule has 0 bridgehead atoms. The highest BCUT2D eigenvalue weighted by Crippen LogP contribution is 2.30. The van der Waals surface area contributed by atoms with Gasteiger partial charge in [-0.2, -0.15) is 0 Å². The molecule has 3 aromatic carbocycles. The number of carbonyl (C=O) groups excluding carboxylic acids is 2. The number of halogens is 3. The van der Waals surface area contributed by atoms with Crippen molar-refractivity contribution in [3.63, 3.8) is 0 Å². The van der Waals surface area contributed by atoms with Crippen LogP contribution in [0.15, 0.2) is 60.7 Å². The summed E-state index contributed by atoms with van der Waals surface area (Å²) < 4.78 is 32.7. The van der Waals surface area contributed by atoms with Gasteiger partial charge in [-0.25, -0.2) is 18.7 Å². The molecule has 9 heteroatoms. The average Bonchev–Trinajstić information content (AvgIpc) is 2.86. The SMILES string of the molecule is CCCCC(=O)Oc1nc2cc(C(=O)NC(C)c3cc(F)cc(F)c3)ccc2nc1-c1ccc(Cl)cc1. The lowest BCUT2D eigenvalue weighted by Crippen LogP contribution is -2.26. The number of hydrogen-bond acceptors (Lipinski definition) is 5. The van der Waals surface area contributed by atoms with Crippen LogP contribution in [0.3, 0.4) is 0 Å². The van der Waals surface area contributed by atoms with Crippen LogP contribution in [0.2, 0.25) is 5.02 Å². The number of nitrogens with one attached hydrogen (secondary N) is 1. The molecule has 0 saturated heterocycles. The van der Waals surface area contributed by atoms with Gasteiger partial charge in [0.15, 0.2) is 0 Å². The monoisotopic (exact) mass is 523 g/mol. The van der Waals surface area contributed by atoms with Crippen molar-refractivity contribution < 1.29 is 23.1 Å². The number of fused-ring (bicyclic) bond motifs is 1. The first-order chi connectivity index (χ1) is 17.7. The second kappa shape index (κ2) is 11.4. The molecule has 1 aromatic heterocycles. The molecule has 1 unspecified atom stereocenters. The van der Waals surface area contributed by atoms with E-state index in [1.54, 1.807) is 43.3 Å². The fourth-order valence-electron chi connectivity index (χ4n) is 3.71. The number of hydrogen-bond donors (Lipinski definition) is 1. The molecule has 0 radical (unpaired) electrons. The molecule has 0 saturated carbocycles. The third-order valence-electron chi connectivity index (χ3n) is 5.69. The van der Waals surface area contributed by atoms with E-state index in [2.05, 4.69) is 15.3 Å². The number of nitrogens with zero attached hydrogens (tertiary/aromatic N) is 2. The van der Waals surface area contributed by atoms with Gasteiger partial charge in [0.2, 0.25) is 5.88 Å². The highest BCUT2D eigenvalue weighted by atomic mass is 35.5. The van der Waals surface area contributed by atoms with E-state index < -0.39 is 29.6 Å². The average molecular weight is 524 g/mol. The fourth-order valence-corrected chi connectivity index (χ4v) is 3.84. The normalized spacial score (nSPS) is 11.8. The molecule has 0 fully saturated rings. The molecule has 6 nitrogen and oxygen atoms in total. The van der Waals surface area contributed by atoms with Crippen molar-refractivity contribution in [2.45, 2.75) is 39.2 Å². The Labute approximate surface area is 217 Å². The lowest BCUT2D eigenvalue weighted by Gasteiger charge is -2.15. The highest BCUT2D eigenvalue weighted by Gasteiger charge is 2.18. The van der Waals surface area contributed by atoms with Gasteiger partial charge in [0, 0.05) is 28.6 Å². The molecular weight excluding hydrogens is 500 g/mol. The smallest absolute Gasteiger partial charge is 0.312 e. The van der Waals surface area contributed by atoms with Crippen molar-refractivity contribution >= 4 is 34.5 Å². The van der Waals surface area contributed by atoms with Crippen molar-refractivity contribution in [2.75, 3.05) is 0 Å². The summed E-state index contributed by atoms with van der Waals surface area (Å²) in [6.45, 7) is 3.60. The maximum atomic E-state index is 13.6. The Balaban J connectivity index is 1.66. The Bertz CT molecular complexity index is 1440. The predicted octanol–water partition coefficient (Wildman–Crippen LogP) is 6.82. The number of benzene rings is 3. The van der Waals surface area contributed by atoms with E-state index in [0.29, 0.717) is 39.3 Å². The Morgan fingerprint density at radius 1 is 0.973 bits per heavy atom. The lowest BCUT2D eigenvalue weighted by atomic mass is 10.1. The van der Waals surface area contributed by atoms with Crippen molar-refractivity contribution in [2.24, 2.45) is 0 Å². The van der Waals surface area contributed by atoms with Gasteiger partial charge in [0.25, 0.3) is 5.91 Å². The van der Waals surface area contributed by atoms with E-state index in [0.717, 1.165) is 24.6 Å². The molecule has 0 aliphatic heterocycles. The molecule has 190 valence electrons. The summed E-state index contributed by atoms with van der Waals surface area (Å²) >= 11 is 6.02. The van der Waals surface area contributed by atoms with Gasteiger partial charge in [-0.15, -0.1) is 0 Å². The topological polar surface area (TPSA) is 81.2 Å². The van der Waals surface area contributed by atoms with E-state index in [4.69, 9.17) is 16.3 Å². The highest BCUT2D eigenvalue weighted by molar-refractivity contribution is 6.30. The quantitative estimate of drug-likeness (QED) is 0.256. The van der Waals surface area contributed by atoms with Gasteiger partial charge in [0.1, 0.15) is 17.3 Å². The summed E-state index contributed by atoms with van der Waals surface area (Å²) in [6, 6.07) is 14.1. The van der Waals surface area contributed by atoms with Crippen LogP contribution < -0.4 is 10.1 Å². The van der Waals surface area contributed by atoms with E-state index in [-0.39, 0.29) is 17.9 Å². The Kier molecular flexibility index (Phi) is 8.08. The Hall–Kier alpha value is -3.91. The first-order valence-corrected chi connectivity index (χ1v) is 12.2. The van der Waals surface area contributed by atoms with E-state index >= 15 is 0 Å². The third-order valence-corrected chi connectivity index (χ3v) is 5.94.